The van der Waals surface area contributed by atoms with E-state index in [1.165, 1.54) is 0 Å². The Balaban J connectivity index is 2.38. The number of hydrogen-bond acceptors (Lipinski definition) is 3. The van der Waals surface area contributed by atoms with Crippen molar-refractivity contribution >= 4 is 5.91 Å². The first kappa shape index (κ1) is 15.7. The fraction of sp³-hybridized carbons (Fsp3) is 0.714. The summed E-state index contributed by atoms with van der Waals surface area (Å²) < 4.78 is 1.81. The molecule has 108 valence electrons. The average Bonchev–Trinajstić information content (AvgIpc) is 2.54. The van der Waals surface area contributed by atoms with Crippen LogP contribution >= 0.6 is 0 Å². The van der Waals surface area contributed by atoms with Crippen molar-refractivity contribution in [2.45, 2.75) is 34.2 Å². The van der Waals surface area contributed by atoms with E-state index in [1.54, 1.807) is 6.20 Å². The molecular weight excluding hydrogens is 240 g/mol. The van der Waals surface area contributed by atoms with E-state index >= 15 is 0 Å². The molecular formula is C14H26N4O. The normalized spacial score (nSPS) is 11.9. The van der Waals surface area contributed by atoms with Gasteiger partial charge in [-0.2, -0.15) is 5.10 Å². The zero-order valence-electron chi connectivity index (χ0n) is 12.9. The van der Waals surface area contributed by atoms with Crippen LogP contribution in [0, 0.1) is 12.3 Å². The van der Waals surface area contributed by atoms with Crippen LogP contribution in [0.3, 0.4) is 0 Å². The minimum atomic E-state index is 0.0509. The van der Waals surface area contributed by atoms with Crippen molar-refractivity contribution in [2.75, 3.05) is 20.1 Å². The fourth-order valence-electron chi connectivity index (χ4n) is 2.08. The number of rotatable bonds is 5. The van der Waals surface area contributed by atoms with Crippen molar-refractivity contribution in [3.8, 4) is 0 Å². The summed E-state index contributed by atoms with van der Waals surface area (Å²) in [5, 5.41) is 7.09. The Morgan fingerprint density at radius 1 is 1.47 bits per heavy atom. The van der Waals surface area contributed by atoms with Crippen molar-refractivity contribution < 1.29 is 4.79 Å². The van der Waals surface area contributed by atoms with Crippen LogP contribution in [0.2, 0.25) is 0 Å². The molecule has 1 aromatic heterocycles. The predicted molar refractivity (Wildman–Crippen MR) is 76.7 cm³/mol. The lowest BCUT2D eigenvalue weighted by atomic mass is 9.96. The lowest BCUT2D eigenvalue weighted by Crippen LogP contribution is -2.38. The highest BCUT2D eigenvalue weighted by Crippen LogP contribution is 2.13. The summed E-state index contributed by atoms with van der Waals surface area (Å²) in [4.78, 5) is 13.9. The molecule has 0 aliphatic rings. The van der Waals surface area contributed by atoms with Crippen molar-refractivity contribution in [3.05, 3.63) is 17.5 Å². The van der Waals surface area contributed by atoms with Gasteiger partial charge in [-0.1, -0.05) is 20.8 Å². The first-order chi connectivity index (χ1) is 8.69. The Morgan fingerprint density at radius 2 is 2.11 bits per heavy atom. The summed E-state index contributed by atoms with van der Waals surface area (Å²) in [6.07, 6.45) is 1.80. The minimum Gasteiger partial charge on any atom is -0.351 e. The standard InChI is InChI=1S/C14H26N4O/c1-11-12(8-16-18(11)6)7-15-13(19)9-17(5)10-14(2,3)4/h8H,7,9-10H2,1-6H3,(H,15,19). The highest BCUT2D eigenvalue weighted by atomic mass is 16.2. The number of likely N-dealkylation sites (N-methyl/N-ethyl adjacent to an activating group) is 1. The molecule has 0 saturated heterocycles. The van der Waals surface area contributed by atoms with Gasteiger partial charge in [0.25, 0.3) is 0 Å². The summed E-state index contributed by atoms with van der Waals surface area (Å²) >= 11 is 0. The van der Waals surface area contributed by atoms with Crippen LogP contribution in [-0.2, 0) is 18.4 Å². The number of aromatic nitrogens is 2. The van der Waals surface area contributed by atoms with Crippen molar-refractivity contribution in [2.24, 2.45) is 12.5 Å². The van der Waals surface area contributed by atoms with Gasteiger partial charge in [0.1, 0.15) is 0 Å². The molecule has 1 amide bonds. The van der Waals surface area contributed by atoms with Crippen LogP contribution in [0.1, 0.15) is 32.0 Å². The maximum absolute atomic E-state index is 11.9. The van der Waals surface area contributed by atoms with E-state index in [2.05, 4.69) is 31.2 Å². The number of aryl methyl sites for hydroxylation is 1. The maximum Gasteiger partial charge on any atom is 0.234 e. The smallest absolute Gasteiger partial charge is 0.234 e. The Hall–Kier alpha value is -1.36. The summed E-state index contributed by atoms with van der Waals surface area (Å²) in [6.45, 7) is 10.4. The van der Waals surface area contributed by atoms with Gasteiger partial charge in [0.2, 0.25) is 5.91 Å². The first-order valence-corrected chi connectivity index (χ1v) is 6.62. The Morgan fingerprint density at radius 3 is 2.58 bits per heavy atom. The minimum absolute atomic E-state index is 0.0509. The molecule has 19 heavy (non-hydrogen) atoms. The summed E-state index contributed by atoms with van der Waals surface area (Å²) in [5.41, 5.74) is 2.35. The van der Waals surface area contributed by atoms with Gasteiger partial charge in [-0.15, -0.1) is 0 Å². The quantitative estimate of drug-likeness (QED) is 0.874. The number of carbonyl (C=O) groups is 1. The van der Waals surface area contributed by atoms with Crippen LogP contribution in [0.25, 0.3) is 0 Å². The van der Waals surface area contributed by atoms with Gasteiger partial charge in [0.05, 0.1) is 12.7 Å². The van der Waals surface area contributed by atoms with E-state index in [9.17, 15) is 4.79 Å². The van der Waals surface area contributed by atoms with E-state index in [0.29, 0.717) is 13.1 Å². The number of nitrogens with zero attached hydrogens (tertiary/aromatic N) is 3. The van der Waals surface area contributed by atoms with Gasteiger partial charge in [0, 0.05) is 31.4 Å². The predicted octanol–water partition coefficient (Wildman–Crippen LogP) is 1.32. The van der Waals surface area contributed by atoms with Crippen molar-refractivity contribution in [1.82, 2.24) is 20.0 Å². The zero-order valence-corrected chi connectivity index (χ0v) is 12.9. The molecule has 0 fully saturated rings. The molecule has 1 aromatic rings. The third-order valence-corrected chi connectivity index (χ3v) is 2.97. The molecule has 0 saturated carbocycles. The molecule has 5 heteroatoms. The Labute approximate surface area is 116 Å². The molecule has 0 aromatic carbocycles. The number of carbonyl (C=O) groups excluding carboxylic acids is 1. The maximum atomic E-state index is 11.9. The third-order valence-electron chi connectivity index (χ3n) is 2.97. The van der Waals surface area contributed by atoms with Gasteiger partial charge in [-0.25, -0.2) is 0 Å². The number of nitrogens with one attached hydrogen (secondary N) is 1. The van der Waals surface area contributed by atoms with Gasteiger partial charge in [-0.3, -0.25) is 14.4 Å². The molecule has 1 heterocycles. The first-order valence-electron chi connectivity index (χ1n) is 6.62. The molecule has 0 spiro atoms. The van der Waals surface area contributed by atoms with Crippen LogP contribution in [0.5, 0.6) is 0 Å². The van der Waals surface area contributed by atoms with E-state index in [-0.39, 0.29) is 11.3 Å². The van der Waals surface area contributed by atoms with Crippen LogP contribution in [0.15, 0.2) is 6.20 Å². The lowest BCUT2D eigenvalue weighted by Gasteiger charge is -2.25. The van der Waals surface area contributed by atoms with E-state index in [1.807, 2.05) is 30.6 Å². The van der Waals surface area contributed by atoms with Gasteiger partial charge in [-0.05, 0) is 19.4 Å². The number of amides is 1. The zero-order chi connectivity index (χ0) is 14.6. The lowest BCUT2D eigenvalue weighted by molar-refractivity contribution is -0.122. The number of hydrogen-bond donors (Lipinski definition) is 1. The second-order valence-corrected chi connectivity index (χ2v) is 6.39. The van der Waals surface area contributed by atoms with E-state index in [0.717, 1.165) is 17.8 Å². The third kappa shape index (κ3) is 5.42. The highest BCUT2D eigenvalue weighted by Gasteiger charge is 2.15. The second kappa shape index (κ2) is 6.19. The molecule has 0 aliphatic heterocycles. The SMILES string of the molecule is Cc1c(CNC(=O)CN(C)CC(C)(C)C)cnn1C. The molecule has 1 N–H and O–H groups in total. The Bertz CT molecular complexity index is 431. The molecule has 5 nitrogen and oxygen atoms in total. The van der Waals surface area contributed by atoms with Crippen LogP contribution < -0.4 is 5.32 Å². The fourth-order valence-corrected chi connectivity index (χ4v) is 2.08. The second-order valence-electron chi connectivity index (χ2n) is 6.39. The molecule has 0 radical (unpaired) electrons. The molecule has 1 rings (SSSR count). The molecule has 0 unspecified atom stereocenters. The van der Waals surface area contributed by atoms with E-state index in [4.69, 9.17) is 0 Å². The summed E-state index contributed by atoms with van der Waals surface area (Å²) in [5.74, 6) is 0.0509. The molecule has 0 bridgehead atoms. The van der Waals surface area contributed by atoms with Crippen LogP contribution in [-0.4, -0.2) is 40.7 Å². The Kier molecular flexibility index (Phi) is 5.11. The average molecular weight is 266 g/mol. The van der Waals surface area contributed by atoms with E-state index < -0.39 is 0 Å². The molecule has 0 aliphatic carbocycles. The summed E-state index contributed by atoms with van der Waals surface area (Å²) in [7, 11) is 3.87. The van der Waals surface area contributed by atoms with Gasteiger partial charge >= 0.3 is 0 Å². The van der Waals surface area contributed by atoms with Gasteiger partial charge < -0.3 is 5.32 Å². The highest BCUT2D eigenvalue weighted by molar-refractivity contribution is 5.77. The largest absolute Gasteiger partial charge is 0.351 e. The van der Waals surface area contributed by atoms with Crippen molar-refractivity contribution in [3.63, 3.8) is 0 Å². The molecule has 0 atom stereocenters. The summed E-state index contributed by atoms with van der Waals surface area (Å²) in [6, 6.07) is 0. The van der Waals surface area contributed by atoms with Crippen LogP contribution in [0.4, 0.5) is 0 Å². The van der Waals surface area contributed by atoms with Crippen molar-refractivity contribution in [1.29, 1.82) is 0 Å². The monoisotopic (exact) mass is 266 g/mol. The van der Waals surface area contributed by atoms with Gasteiger partial charge in [0.15, 0.2) is 0 Å². The topological polar surface area (TPSA) is 50.2 Å².